The van der Waals surface area contributed by atoms with Gasteiger partial charge in [-0.05, 0) is 187 Å². The third-order valence-electron chi connectivity index (χ3n) is 15.1. The highest BCUT2D eigenvalue weighted by Crippen LogP contribution is 2.49. The van der Waals surface area contributed by atoms with Crippen LogP contribution in [0.4, 0.5) is 51.7 Å². The van der Waals surface area contributed by atoms with Crippen LogP contribution in [-0.2, 0) is 0 Å². The van der Waals surface area contributed by atoms with Gasteiger partial charge in [-0.15, -0.1) is 0 Å². The van der Waals surface area contributed by atoms with Gasteiger partial charge in [0.1, 0.15) is 23.3 Å². The highest BCUT2D eigenvalue weighted by molar-refractivity contribution is 6.89. The van der Waals surface area contributed by atoms with E-state index in [9.17, 15) is 0 Å². The van der Waals surface area contributed by atoms with E-state index >= 15 is 17.6 Å². The van der Waals surface area contributed by atoms with Crippen LogP contribution in [-0.4, -0.2) is 16.1 Å². The fourth-order valence-electron chi connectivity index (χ4n) is 11.1. The molecule has 0 N–H and O–H groups in total. The van der Waals surface area contributed by atoms with E-state index in [1.165, 1.54) is 34.6 Å². The zero-order valence-electron chi connectivity index (χ0n) is 44.3. The molecule has 78 heavy (non-hydrogen) atoms. The van der Waals surface area contributed by atoms with Crippen molar-refractivity contribution >= 4 is 93.0 Å². The van der Waals surface area contributed by atoms with E-state index in [0.717, 1.165) is 88.7 Å². The maximum absolute atomic E-state index is 15.1. The second-order valence-corrected chi connectivity index (χ2v) is 32.6. The molecule has 0 unspecified atom stereocenters. The van der Waals surface area contributed by atoms with E-state index in [-0.39, 0.29) is 23.3 Å². The molecule has 0 bridgehead atoms. The summed E-state index contributed by atoms with van der Waals surface area (Å²) in [6.45, 7) is 14.1. The molecule has 0 fully saturated rings. The zero-order valence-corrected chi connectivity index (χ0v) is 46.3. The minimum atomic E-state index is -1.70. The molecule has 12 aromatic carbocycles. The van der Waals surface area contributed by atoms with Crippen molar-refractivity contribution in [2.45, 2.75) is 39.3 Å². The molecule has 0 aliphatic heterocycles. The van der Waals surface area contributed by atoms with E-state index in [1.54, 1.807) is 48.5 Å². The normalized spacial score (nSPS) is 12.0. The molecule has 0 aliphatic carbocycles. The number of nitrogens with zero attached hydrogens (tertiary/aromatic N) is 2. The summed E-state index contributed by atoms with van der Waals surface area (Å²) in [5.74, 6) is -1.38. The summed E-state index contributed by atoms with van der Waals surface area (Å²) < 4.78 is 60.3. The summed E-state index contributed by atoms with van der Waals surface area (Å²) in [4.78, 5) is 4.56. The van der Waals surface area contributed by atoms with Crippen molar-refractivity contribution in [2.75, 3.05) is 9.80 Å². The molecule has 0 saturated heterocycles. The summed E-state index contributed by atoms with van der Waals surface area (Å²) in [5.41, 5.74) is 11.4. The summed E-state index contributed by atoms with van der Waals surface area (Å²) in [6, 6.07) is 74.2. The molecule has 0 aliphatic rings. The molecular formula is C70H56F4N2Si2. The van der Waals surface area contributed by atoms with Gasteiger partial charge in [0.15, 0.2) is 0 Å². The largest absolute Gasteiger partial charge is 0.310 e. The zero-order chi connectivity index (χ0) is 54.0. The van der Waals surface area contributed by atoms with Crippen LogP contribution in [0.3, 0.4) is 0 Å². The van der Waals surface area contributed by atoms with E-state index in [4.69, 9.17) is 0 Å². The Morgan fingerprint density at radius 3 is 0.846 bits per heavy atom. The summed E-state index contributed by atoms with van der Waals surface area (Å²) >= 11 is 0. The minimum Gasteiger partial charge on any atom is -0.310 e. The molecule has 0 radical (unpaired) electrons. The average molecular weight is 1060 g/mol. The molecule has 382 valence electrons. The molecule has 0 spiro atoms. The average Bonchev–Trinajstić information content (AvgIpc) is 3.53. The Hall–Kier alpha value is -8.57. The van der Waals surface area contributed by atoms with Crippen molar-refractivity contribution in [1.29, 1.82) is 0 Å². The van der Waals surface area contributed by atoms with Crippen molar-refractivity contribution in [3.8, 4) is 44.5 Å². The molecule has 0 heterocycles. The van der Waals surface area contributed by atoms with Crippen molar-refractivity contribution in [1.82, 2.24) is 0 Å². The minimum absolute atomic E-state index is 0.344. The third-order valence-corrected chi connectivity index (χ3v) is 19.2. The summed E-state index contributed by atoms with van der Waals surface area (Å²) in [7, 11) is -3.40. The van der Waals surface area contributed by atoms with Gasteiger partial charge in [-0.2, -0.15) is 0 Å². The van der Waals surface area contributed by atoms with E-state index in [1.807, 2.05) is 36.4 Å². The van der Waals surface area contributed by atoms with Crippen molar-refractivity contribution in [2.24, 2.45) is 0 Å². The Bertz CT molecular complexity index is 3830. The first-order chi connectivity index (χ1) is 37.5. The summed E-state index contributed by atoms with van der Waals surface area (Å²) in [6.07, 6.45) is 0. The lowest BCUT2D eigenvalue weighted by Crippen LogP contribution is -2.37. The van der Waals surface area contributed by atoms with Crippen LogP contribution in [0, 0.1) is 23.3 Å². The first-order valence-corrected chi connectivity index (χ1v) is 33.4. The maximum Gasteiger partial charge on any atom is 0.123 e. The molecule has 0 amide bonds. The van der Waals surface area contributed by atoms with Crippen LogP contribution in [0.15, 0.2) is 231 Å². The first kappa shape index (κ1) is 50.3. The molecule has 0 aromatic heterocycles. The molecule has 8 heteroatoms. The highest BCUT2D eigenvalue weighted by Gasteiger charge is 2.26. The van der Waals surface area contributed by atoms with E-state index in [2.05, 4.69) is 170 Å². The fourth-order valence-corrected chi connectivity index (χ4v) is 13.4. The number of anilines is 6. The smallest absolute Gasteiger partial charge is 0.123 e. The van der Waals surface area contributed by atoms with Crippen LogP contribution in [0.2, 0.25) is 39.3 Å². The quantitative estimate of drug-likeness (QED) is 0.0683. The summed E-state index contributed by atoms with van der Waals surface area (Å²) in [5, 5.41) is 9.00. The third kappa shape index (κ3) is 9.67. The number of halogens is 4. The van der Waals surface area contributed by atoms with Gasteiger partial charge in [0.2, 0.25) is 0 Å². The number of hydrogen-bond acceptors (Lipinski definition) is 2. The van der Waals surface area contributed by atoms with Gasteiger partial charge in [-0.3, -0.25) is 0 Å². The van der Waals surface area contributed by atoms with E-state index < -0.39 is 16.1 Å². The van der Waals surface area contributed by atoms with Gasteiger partial charge in [0.25, 0.3) is 0 Å². The number of benzene rings is 12. The molecule has 2 nitrogen and oxygen atoms in total. The van der Waals surface area contributed by atoms with Crippen LogP contribution in [0.1, 0.15) is 0 Å². The van der Waals surface area contributed by atoms with Crippen LogP contribution < -0.4 is 20.2 Å². The van der Waals surface area contributed by atoms with Crippen LogP contribution in [0.5, 0.6) is 0 Å². The predicted molar refractivity (Wildman–Crippen MR) is 327 cm³/mol. The monoisotopic (exact) mass is 1060 g/mol. The van der Waals surface area contributed by atoms with Gasteiger partial charge in [-0.25, -0.2) is 17.6 Å². The van der Waals surface area contributed by atoms with Crippen LogP contribution >= 0.6 is 0 Å². The lowest BCUT2D eigenvalue weighted by molar-refractivity contribution is 0.628. The molecule has 12 aromatic rings. The SMILES string of the molecule is C[Si](C)(C)c1ccc(N(c2cc(-c3cccc(F)c3)cc(-c3cccc(F)c3)c2)c2ccc3ccc4c(N(c5ccc([Si](C)(C)C)cc5)c5cc(-c6cccc(F)c6)cc(-c6cccc(F)c6)c5)ccc5ccc2c3c54)cc1. The molecule has 0 atom stereocenters. The van der Waals surface area contributed by atoms with Gasteiger partial charge in [0.05, 0.1) is 27.5 Å². The van der Waals surface area contributed by atoms with E-state index in [0.29, 0.717) is 22.3 Å². The highest BCUT2D eigenvalue weighted by atomic mass is 28.3. The Morgan fingerprint density at radius 1 is 0.269 bits per heavy atom. The fraction of sp³-hybridized carbons (Fsp3) is 0.0857. The standard InChI is InChI=1S/C70H56F4N2Si2/c1-77(2,3)63-27-23-59(24-28-63)75(61-41-51(47-11-7-15-55(71)37-47)35-52(42-61)48-12-8-16-56(72)38-48)67-33-21-45-20-32-66-68(34-22-46-19-31-65(67)69(45)70(46)66)76(60-25-29-64(30-26-60)78(4,5)6)62-43-53(49-13-9-17-57(73)39-49)36-54(44-62)50-14-10-18-58(74)40-50/h7-44H,1-6H3. The van der Waals surface area contributed by atoms with Crippen molar-refractivity contribution in [3.05, 3.63) is 254 Å². The number of hydrogen-bond donors (Lipinski definition) is 0. The maximum atomic E-state index is 15.1. The van der Waals surface area contributed by atoms with Gasteiger partial charge >= 0.3 is 0 Å². The Morgan fingerprint density at radius 2 is 0.564 bits per heavy atom. The second kappa shape index (κ2) is 19.8. The molecule has 0 saturated carbocycles. The topological polar surface area (TPSA) is 6.48 Å². The number of rotatable bonds is 12. The lowest BCUT2D eigenvalue weighted by atomic mass is 9.91. The Balaban J connectivity index is 1.12. The molecular weight excluding hydrogens is 1000 g/mol. The second-order valence-electron chi connectivity index (χ2n) is 22.4. The molecule has 12 rings (SSSR count). The Labute approximate surface area is 455 Å². The van der Waals surface area contributed by atoms with Crippen molar-refractivity contribution < 1.29 is 17.6 Å². The Kier molecular flexibility index (Phi) is 12.7. The van der Waals surface area contributed by atoms with Crippen LogP contribution in [0.25, 0.3) is 76.8 Å². The first-order valence-electron chi connectivity index (χ1n) is 26.4. The predicted octanol–water partition coefficient (Wildman–Crippen LogP) is 19.8. The van der Waals surface area contributed by atoms with Gasteiger partial charge in [-0.1, -0.05) is 159 Å². The lowest BCUT2D eigenvalue weighted by Gasteiger charge is -2.31. The van der Waals surface area contributed by atoms with Crippen molar-refractivity contribution in [3.63, 3.8) is 0 Å². The van der Waals surface area contributed by atoms with Gasteiger partial charge in [0, 0.05) is 33.5 Å². The van der Waals surface area contributed by atoms with Gasteiger partial charge < -0.3 is 9.80 Å².